The van der Waals surface area contributed by atoms with E-state index in [1.807, 2.05) is 13.0 Å². The van der Waals surface area contributed by atoms with Gasteiger partial charge in [0.15, 0.2) is 0 Å². The third-order valence-corrected chi connectivity index (χ3v) is 5.70. The Morgan fingerprint density at radius 1 is 1.40 bits per heavy atom. The molecule has 1 aliphatic rings. The molecule has 0 radical (unpaired) electrons. The first-order chi connectivity index (χ1) is 9.37. The highest BCUT2D eigenvalue weighted by atomic mass is 32.2. The van der Waals surface area contributed by atoms with Gasteiger partial charge < -0.3 is 5.73 Å². The molecule has 0 unspecified atom stereocenters. The summed E-state index contributed by atoms with van der Waals surface area (Å²) in [6.45, 7) is 3.88. The van der Waals surface area contributed by atoms with Crippen LogP contribution in [0.4, 0.5) is 5.69 Å². The number of hydrogen-bond donors (Lipinski definition) is 1. The zero-order chi connectivity index (χ0) is 14.9. The number of hydrogen-bond acceptors (Lipinski definition) is 4. The Morgan fingerprint density at radius 2 is 2.05 bits per heavy atom. The number of nitrogen functional groups attached to an aromatic ring is 1. The summed E-state index contributed by atoms with van der Waals surface area (Å²) in [6.07, 6.45) is 1.94. The molecule has 108 valence electrons. The molecule has 2 rings (SSSR count). The van der Waals surface area contributed by atoms with Crippen LogP contribution in [0.25, 0.3) is 0 Å². The van der Waals surface area contributed by atoms with Crippen molar-refractivity contribution in [3.63, 3.8) is 0 Å². The Bertz CT molecular complexity index is 658. The normalized spacial score (nSPS) is 15.3. The lowest BCUT2D eigenvalue weighted by Gasteiger charge is -2.22. The minimum Gasteiger partial charge on any atom is -0.399 e. The summed E-state index contributed by atoms with van der Waals surface area (Å²) in [7, 11) is -3.58. The molecule has 0 aromatic heterocycles. The highest BCUT2D eigenvalue weighted by Crippen LogP contribution is 2.34. The molecule has 1 aromatic rings. The van der Waals surface area contributed by atoms with Crippen LogP contribution >= 0.6 is 0 Å². The molecule has 1 fully saturated rings. The van der Waals surface area contributed by atoms with Crippen molar-refractivity contribution in [3.05, 3.63) is 23.3 Å². The topological polar surface area (TPSA) is 87.2 Å². The maximum Gasteiger partial charge on any atom is 0.243 e. The maximum absolute atomic E-state index is 12.8. The van der Waals surface area contributed by atoms with Gasteiger partial charge in [-0.05, 0) is 49.9 Å². The number of nitriles is 1. The van der Waals surface area contributed by atoms with Crippen LogP contribution in [0.1, 0.15) is 30.4 Å². The van der Waals surface area contributed by atoms with Gasteiger partial charge in [-0.3, -0.25) is 0 Å². The average Bonchev–Trinajstić information content (AvgIpc) is 3.18. The lowest BCUT2D eigenvalue weighted by molar-refractivity contribution is 0.410. The van der Waals surface area contributed by atoms with Crippen molar-refractivity contribution in [1.82, 2.24) is 4.31 Å². The predicted molar refractivity (Wildman–Crippen MR) is 77.5 cm³/mol. The summed E-state index contributed by atoms with van der Waals surface area (Å²) in [5.74, 6) is 0. The highest BCUT2D eigenvalue weighted by molar-refractivity contribution is 7.89. The largest absolute Gasteiger partial charge is 0.399 e. The first-order valence-electron chi connectivity index (χ1n) is 6.63. The molecular weight excluding hydrogens is 274 g/mol. The SMILES string of the molecule is Cc1cc(N)cc(S(=O)(=O)N(CCC#N)C2CC2)c1C. The van der Waals surface area contributed by atoms with Gasteiger partial charge >= 0.3 is 0 Å². The van der Waals surface area contributed by atoms with E-state index in [2.05, 4.69) is 0 Å². The van der Waals surface area contributed by atoms with E-state index in [0.29, 0.717) is 5.69 Å². The predicted octanol–water partition coefficient (Wildman–Crippen LogP) is 1.95. The molecule has 0 bridgehead atoms. The molecular formula is C14H19N3O2S. The highest BCUT2D eigenvalue weighted by Gasteiger charge is 2.38. The van der Waals surface area contributed by atoms with Crippen LogP contribution in [0.5, 0.6) is 0 Å². The van der Waals surface area contributed by atoms with Crippen LogP contribution in [0.3, 0.4) is 0 Å². The van der Waals surface area contributed by atoms with E-state index in [-0.39, 0.29) is 23.9 Å². The molecule has 1 saturated carbocycles. The molecule has 0 atom stereocenters. The Kier molecular flexibility index (Phi) is 4.02. The third-order valence-electron chi connectivity index (χ3n) is 3.63. The quantitative estimate of drug-likeness (QED) is 0.841. The Labute approximate surface area is 120 Å². The smallest absolute Gasteiger partial charge is 0.243 e. The van der Waals surface area contributed by atoms with Gasteiger partial charge in [-0.2, -0.15) is 9.57 Å². The fourth-order valence-corrected chi connectivity index (χ4v) is 4.29. The Hall–Kier alpha value is -1.58. The van der Waals surface area contributed by atoms with Crippen LogP contribution in [-0.2, 0) is 10.0 Å². The van der Waals surface area contributed by atoms with E-state index in [4.69, 9.17) is 11.0 Å². The summed E-state index contributed by atoms with van der Waals surface area (Å²) < 4.78 is 27.1. The lowest BCUT2D eigenvalue weighted by Crippen LogP contribution is -2.34. The number of nitrogens with zero attached hydrogens (tertiary/aromatic N) is 2. The fourth-order valence-electron chi connectivity index (χ4n) is 2.27. The van der Waals surface area contributed by atoms with Gasteiger partial charge in [-0.25, -0.2) is 8.42 Å². The molecule has 0 heterocycles. The minimum absolute atomic E-state index is 0.0366. The Balaban J connectivity index is 2.45. The summed E-state index contributed by atoms with van der Waals surface area (Å²) in [6, 6.07) is 5.33. The van der Waals surface area contributed by atoms with E-state index in [0.717, 1.165) is 24.0 Å². The zero-order valence-corrected chi connectivity index (χ0v) is 12.6. The second-order valence-electron chi connectivity index (χ2n) is 5.22. The number of nitrogens with two attached hydrogens (primary N) is 1. The molecule has 0 spiro atoms. The summed E-state index contributed by atoms with van der Waals surface area (Å²) in [5, 5.41) is 8.70. The van der Waals surface area contributed by atoms with Gasteiger partial charge in [-0.1, -0.05) is 0 Å². The molecule has 1 aliphatic carbocycles. The first-order valence-corrected chi connectivity index (χ1v) is 8.07. The monoisotopic (exact) mass is 293 g/mol. The van der Waals surface area contributed by atoms with E-state index in [1.165, 1.54) is 10.4 Å². The number of anilines is 1. The average molecular weight is 293 g/mol. The second kappa shape index (κ2) is 5.43. The van der Waals surface area contributed by atoms with E-state index < -0.39 is 10.0 Å². The van der Waals surface area contributed by atoms with Gasteiger partial charge in [0.1, 0.15) is 0 Å². The number of rotatable bonds is 5. The van der Waals surface area contributed by atoms with Gasteiger partial charge in [0.2, 0.25) is 10.0 Å². The maximum atomic E-state index is 12.8. The summed E-state index contributed by atoms with van der Waals surface area (Å²) >= 11 is 0. The molecule has 0 amide bonds. The van der Waals surface area contributed by atoms with Crippen LogP contribution in [0, 0.1) is 25.2 Å². The first kappa shape index (κ1) is 14.8. The summed E-state index contributed by atoms with van der Waals surface area (Å²) in [4.78, 5) is 0.264. The molecule has 20 heavy (non-hydrogen) atoms. The van der Waals surface area contributed by atoms with Crippen LogP contribution < -0.4 is 5.73 Å². The van der Waals surface area contributed by atoms with Crippen molar-refractivity contribution < 1.29 is 8.42 Å². The number of benzene rings is 1. The standard InChI is InChI=1S/C14H19N3O2S/c1-10-8-12(16)9-14(11(10)2)20(18,19)17(7-3-6-15)13-4-5-13/h8-9,13H,3-5,7,16H2,1-2H3. The van der Waals surface area contributed by atoms with Gasteiger partial charge in [-0.15, -0.1) is 0 Å². The zero-order valence-electron chi connectivity index (χ0n) is 11.8. The van der Waals surface area contributed by atoms with Crippen molar-refractivity contribution in [1.29, 1.82) is 5.26 Å². The van der Waals surface area contributed by atoms with E-state index in [1.54, 1.807) is 13.0 Å². The van der Waals surface area contributed by atoms with Gasteiger partial charge in [0.05, 0.1) is 11.0 Å². The number of aryl methyl sites for hydroxylation is 1. The third kappa shape index (κ3) is 2.79. The molecule has 5 nitrogen and oxygen atoms in total. The molecule has 0 aliphatic heterocycles. The Morgan fingerprint density at radius 3 is 2.60 bits per heavy atom. The summed E-state index contributed by atoms with van der Waals surface area (Å²) in [5.41, 5.74) is 7.81. The van der Waals surface area contributed by atoms with Crippen LogP contribution in [-0.4, -0.2) is 25.3 Å². The van der Waals surface area contributed by atoms with Crippen molar-refractivity contribution in [2.75, 3.05) is 12.3 Å². The van der Waals surface area contributed by atoms with Gasteiger partial charge in [0.25, 0.3) is 0 Å². The molecule has 6 heteroatoms. The van der Waals surface area contributed by atoms with Gasteiger partial charge in [0, 0.05) is 24.7 Å². The van der Waals surface area contributed by atoms with Crippen molar-refractivity contribution in [3.8, 4) is 6.07 Å². The van der Waals surface area contributed by atoms with Crippen LogP contribution in [0.15, 0.2) is 17.0 Å². The molecule has 2 N–H and O–H groups in total. The van der Waals surface area contributed by atoms with E-state index in [9.17, 15) is 8.42 Å². The van der Waals surface area contributed by atoms with Crippen molar-refractivity contribution >= 4 is 15.7 Å². The second-order valence-corrected chi connectivity index (χ2v) is 7.07. The van der Waals surface area contributed by atoms with E-state index >= 15 is 0 Å². The number of sulfonamides is 1. The fraction of sp³-hybridized carbons (Fsp3) is 0.500. The van der Waals surface area contributed by atoms with Crippen molar-refractivity contribution in [2.45, 2.75) is 44.0 Å². The van der Waals surface area contributed by atoms with Crippen LogP contribution in [0.2, 0.25) is 0 Å². The minimum atomic E-state index is -3.58. The molecule has 0 saturated heterocycles. The molecule has 1 aromatic carbocycles. The lowest BCUT2D eigenvalue weighted by atomic mass is 10.1. The van der Waals surface area contributed by atoms with Crippen molar-refractivity contribution in [2.24, 2.45) is 0 Å².